The molecule has 0 bridgehead atoms. The second-order valence-electron chi connectivity index (χ2n) is 11.9. The molecule has 1 nitrogen and oxygen atoms in total. The molecule has 2 heteroatoms. The van der Waals surface area contributed by atoms with Crippen LogP contribution in [0.3, 0.4) is 0 Å². The van der Waals surface area contributed by atoms with Gasteiger partial charge in [0.15, 0.2) is 5.78 Å². The molecule has 0 radical (unpaired) electrons. The zero-order chi connectivity index (χ0) is 20.8. The van der Waals surface area contributed by atoms with Crippen LogP contribution in [0, 0.1) is 46.3 Å². The Morgan fingerprint density at radius 1 is 1.00 bits per heavy atom. The van der Waals surface area contributed by atoms with Gasteiger partial charge in [0.05, 0.1) is 0 Å². The number of hydrogen-bond donors (Lipinski definition) is 0. The third kappa shape index (κ3) is 3.72. The predicted molar refractivity (Wildman–Crippen MR) is 126 cm³/mol. The summed E-state index contributed by atoms with van der Waals surface area (Å²) in [5, 5.41) is 0. The first-order valence-corrected chi connectivity index (χ1v) is 13.5. The highest BCUT2D eigenvalue weighted by Crippen LogP contribution is 2.68. The fraction of sp³-hybridized carbons (Fsp3) is 0.889. The number of allylic oxidation sites excluding steroid dienone is 1. The van der Waals surface area contributed by atoms with Gasteiger partial charge in [-0.3, -0.25) is 4.79 Å². The minimum Gasteiger partial charge on any atom is -0.295 e. The lowest BCUT2D eigenvalue weighted by Gasteiger charge is -2.61. The molecule has 0 amide bonds. The molecule has 4 aliphatic rings. The number of hydrogen-bond acceptors (Lipinski definition) is 1. The van der Waals surface area contributed by atoms with Crippen LogP contribution in [0.1, 0.15) is 105 Å². The van der Waals surface area contributed by atoms with Crippen molar-refractivity contribution in [3.8, 4) is 0 Å². The molecular weight excluding hydrogens is 420 g/mol. The van der Waals surface area contributed by atoms with E-state index in [-0.39, 0.29) is 0 Å². The molecule has 0 spiro atoms. The van der Waals surface area contributed by atoms with Crippen molar-refractivity contribution in [2.45, 2.75) is 105 Å². The standard InChI is InChI=1S/C27H43BrO/c1-18(8-13-25(29)19(2)17-28)22-11-12-23-21-10-9-20-7-5-6-15-26(20,3)24(21)14-16-27(22,23)4/h17-18,20-24H,5-16H2,1-4H3/t18-,20?,21+,22-,23+,24+,26+,27-/m1/s1. The van der Waals surface area contributed by atoms with Gasteiger partial charge in [-0.25, -0.2) is 0 Å². The van der Waals surface area contributed by atoms with Crippen molar-refractivity contribution in [1.29, 1.82) is 0 Å². The number of rotatable bonds is 5. The molecule has 0 saturated heterocycles. The molecule has 4 saturated carbocycles. The van der Waals surface area contributed by atoms with Crippen LogP contribution < -0.4 is 0 Å². The summed E-state index contributed by atoms with van der Waals surface area (Å²) in [4.78, 5) is 14.1. The Hall–Kier alpha value is -0.110. The quantitative estimate of drug-likeness (QED) is 0.375. The molecule has 4 aliphatic carbocycles. The topological polar surface area (TPSA) is 17.1 Å². The van der Waals surface area contributed by atoms with Gasteiger partial charge in [-0.1, -0.05) is 49.5 Å². The van der Waals surface area contributed by atoms with Crippen molar-refractivity contribution in [1.82, 2.24) is 0 Å². The Bertz CT molecular complexity index is 653. The minimum absolute atomic E-state index is 0.320. The predicted octanol–water partition coefficient (Wildman–Crippen LogP) is 8.32. The van der Waals surface area contributed by atoms with E-state index in [0.717, 1.165) is 48.0 Å². The lowest BCUT2D eigenvalue weighted by atomic mass is 9.44. The number of fused-ring (bicyclic) bond motifs is 5. The molecular formula is C27H43BrO. The van der Waals surface area contributed by atoms with Crippen molar-refractivity contribution in [3.63, 3.8) is 0 Å². The number of ketones is 1. The minimum atomic E-state index is 0.320. The Kier molecular flexibility index (Phi) is 6.43. The molecule has 0 aliphatic heterocycles. The SMILES string of the molecule is CC(=CBr)C(=O)CC[C@@H](C)[C@H]1CC[C@H]2[C@@H]3CCC4CCCC[C@]4(C)[C@H]3CC[C@]12C. The van der Waals surface area contributed by atoms with Gasteiger partial charge in [0.2, 0.25) is 0 Å². The monoisotopic (exact) mass is 462 g/mol. The van der Waals surface area contributed by atoms with E-state index in [0.29, 0.717) is 22.5 Å². The van der Waals surface area contributed by atoms with Crippen LogP contribution in [-0.4, -0.2) is 5.78 Å². The van der Waals surface area contributed by atoms with Crippen LogP contribution in [0.15, 0.2) is 10.6 Å². The van der Waals surface area contributed by atoms with Crippen LogP contribution in [0.2, 0.25) is 0 Å². The summed E-state index contributed by atoms with van der Waals surface area (Å²) in [6.07, 6.45) is 16.6. The Labute approximate surface area is 188 Å². The van der Waals surface area contributed by atoms with E-state index >= 15 is 0 Å². The number of carbonyl (C=O) groups is 1. The molecule has 29 heavy (non-hydrogen) atoms. The first-order chi connectivity index (χ1) is 13.8. The lowest BCUT2D eigenvalue weighted by Crippen LogP contribution is -2.53. The molecule has 0 heterocycles. The summed E-state index contributed by atoms with van der Waals surface area (Å²) < 4.78 is 0. The Morgan fingerprint density at radius 2 is 1.76 bits per heavy atom. The summed E-state index contributed by atoms with van der Waals surface area (Å²) in [6, 6.07) is 0. The van der Waals surface area contributed by atoms with Gasteiger partial charge in [-0.15, -0.1) is 0 Å². The van der Waals surface area contributed by atoms with Crippen molar-refractivity contribution in [2.24, 2.45) is 46.3 Å². The normalized spacial score (nSPS) is 45.8. The molecule has 0 aromatic rings. The van der Waals surface area contributed by atoms with E-state index in [1.165, 1.54) is 64.2 Å². The van der Waals surface area contributed by atoms with E-state index in [4.69, 9.17) is 0 Å². The van der Waals surface area contributed by atoms with Crippen LogP contribution in [0.25, 0.3) is 0 Å². The summed E-state index contributed by atoms with van der Waals surface area (Å²) in [7, 11) is 0. The smallest absolute Gasteiger partial charge is 0.159 e. The second kappa shape index (κ2) is 8.44. The van der Waals surface area contributed by atoms with Gasteiger partial charge < -0.3 is 0 Å². The highest BCUT2D eigenvalue weighted by Gasteiger charge is 2.60. The zero-order valence-electron chi connectivity index (χ0n) is 19.3. The van der Waals surface area contributed by atoms with E-state index in [9.17, 15) is 4.79 Å². The van der Waals surface area contributed by atoms with Gasteiger partial charge in [0.1, 0.15) is 0 Å². The fourth-order valence-electron chi connectivity index (χ4n) is 9.09. The third-order valence-corrected chi connectivity index (χ3v) is 11.5. The maximum Gasteiger partial charge on any atom is 0.159 e. The van der Waals surface area contributed by atoms with E-state index in [1.54, 1.807) is 4.99 Å². The molecule has 0 aromatic heterocycles. The van der Waals surface area contributed by atoms with Gasteiger partial charge in [0.25, 0.3) is 0 Å². The van der Waals surface area contributed by atoms with Gasteiger partial charge >= 0.3 is 0 Å². The maximum atomic E-state index is 12.3. The van der Waals surface area contributed by atoms with E-state index in [1.807, 2.05) is 6.92 Å². The first-order valence-electron chi connectivity index (χ1n) is 12.6. The molecule has 164 valence electrons. The van der Waals surface area contributed by atoms with Crippen LogP contribution in [0.5, 0.6) is 0 Å². The zero-order valence-corrected chi connectivity index (χ0v) is 20.9. The maximum absolute atomic E-state index is 12.3. The van der Waals surface area contributed by atoms with Gasteiger partial charge in [0, 0.05) is 6.42 Å². The van der Waals surface area contributed by atoms with Crippen molar-refractivity contribution in [3.05, 3.63) is 10.6 Å². The molecule has 8 atom stereocenters. The van der Waals surface area contributed by atoms with Crippen molar-refractivity contribution in [2.75, 3.05) is 0 Å². The van der Waals surface area contributed by atoms with Gasteiger partial charge in [-0.05, 0) is 122 Å². The Morgan fingerprint density at radius 3 is 2.52 bits per heavy atom. The summed E-state index contributed by atoms with van der Waals surface area (Å²) >= 11 is 3.32. The summed E-state index contributed by atoms with van der Waals surface area (Å²) in [5.74, 6) is 5.79. The summed E-state index contributed by atoms with van der Waals surface area (Å²) in [6.45, 7) is 9.72. The van der Waals surface area contributed by atoms with Crippen LogP contribution >= 0.6 is 15.9 Å². The molecule has 4 rings (SSSR count). The van der Waals surface area contributed by atoms with E-state index < -0.39 is 0 Å². The molecule has 1 unspecified atom stereocenters. The molecule has 0 aromatic carbocycles. The number of carbonyl (C=O) groups excluding carboxylic acids is 1. The largest absolute Gasteiger partial charge is 0.295 e. The Balaban J connectivity index is 1.46. The molecule has 0 N–H and O–H groups in total. The fourth-order valence-corrected chi connectivity index (χ4v) is 9.34. The lowest BCUT2D eigenvalue weighted by molar-refractivity contribution is -0.118. The highest BCUT2D eigenvalue weighted by molar-refractivity contribution is 9.11. The average molecular weight is 464 g/mol. The van der Waals surface area contributed by atoms with E-state index in [2.05, 4.69) is 36.7 Å². The number of halogens is 1. The average Bonchev–Trinajstić information content (AvgIpc) is 3.08. The van der Waals surface area contributed by atoms with Crippen LogP contribution in [0.4, 0.5) is 0 Å². The highest BCUT2D eigenvalue weighted by atomic mass is 79.9. The summed E-state index contributed by atoms with van der Waals surface area (Å²) in [5.41, 5.74) is 2.05. The molecule has 4 fully saturated rings. The first kappa shape index (κ1) is 22.1. The van der Waals surface area contributed by atoms with Crippen molar-refractivity contribution >= 4 is 21.7 Å². The van der Waals surface area contributed by atoms with Gasteiger partial charge in [-0.2, -0.15) is 0 Å². The van der Waals surface area contributed by atoms with Crippen LogP contribution in [-0.2, 0) is 4.79 Å². The van der Waals surface area contributed by atoms with Crippen molar-refractivity contribution < 1.29 is 4.79 Å². The second-order valence-corrected chi connectivity index (χ2v) is 12.3. The third-order valence-electron chi connectivity index (χ3n) is 10.8. The number of Topliss-reactive ketones (excluding diaryl/α,β-unsaturated/α-hetero) is 1.